The van der Waals surface area contributed by atoms with Crippen molar-refractivity contribution in [2.45, 2.75) is 45.1 Å². The Kier molecular flexibility index (Phi) is 8.43. The predicted molar refractivity (Wildman–Crippen MR) is 156 cm³/mol. The highest BCUT2D eigenvalue weighted by Gasteiger charge is 2.41. The summed E-state index contributed by atoms with van der Waals surface area (Å²) in [6.07, 6.45) is 0.927. The highest BCUT2D eigenvalue weighted by molar-refractivity contribution is 6.04. The number of esters is 1. The van der Waals surface area contributed by atoms with E-state index in [4.69, 9.17) is 18.9 Å². The molecule has 1 aliphatic heterocycles. The molecule has 5 rings (SSSR count). The van der Waals surface area contributed by atoms with Gasteiger partial charge >= 0.3 is 5.97 Å². The molecule has 2 aliphatic rings. The Morgan fingerprint density at radius 1 is 0.902 bits per heavy atom. The van der Waals surface area contributed by atoms with Crippen LogP contribution in [-0.4, -0.2) is 32.6 Å². The normalized spacial score (nSPS) is 18.4. The van der Waals surface area contributed by atoms with E-state index in [1.807, 2.05) is 79.7 Å². The first-order valence-electron chi connectivity index (χ1n) is 13.8. The number of rotatable bonds is 9. The fraction of sp³-hybridized carbons (Fsp3) is 0.294. The van der Waals surface area contributed by atoms with Crippen molar-refractivity contribution in [3.8, 4) is 17.2 Å². The van der Waals surface area contributed by atoms with E-state index in [9.17, 15) is 9.59 Å². The van der Waals surface area contributed by atoms with Crippen LogP contribution in [0.25, 0.3) is 0 Å². The zero-order valence-corrected chi connectivity index (χ0v) is 23.9. The molecular formula is C34H35NO6. The third-order valence-corrected chi connectivity index (χ3v) is 7.64. The summed E-state index contributed by atoms with van der Waals surface area (Å²) < 4.78 is 22.5. The lowest BCUT2D eigenvalue weighted by Crippen LogP contribution is -2.36. The van der Waals surface area contributed by atoms with Crippen molar-refractivity contribution >= 4 is 11.8 Å². The second-order valence-electron chi connectivity index (χ2n) is 10.2. The van der Waals surface area contributed by atoms with Gasteiger partial charge in [0.15, 0.2) is 17.3 Å². The lowest BCUT2D eigenvalue weighted by atomic mass is 9.71. The molecule has 0 spiro atoms. The van der Waals surface area contributed by atoms with Gasteiger partial charge in [0.05, 0.1) is 26.4 Å². The van der Waals surface area contributed by atoms with Crippen LogP contribution in [0.3, 0.4) is 0 Å². The lowest BCUT2D eigenvalue weighted by Gasteiger charge is -2.36. The molecule has 212 valence electrons. The Bertz CT molecular complexity index is 1510. The Morgan fingerprint density at radius 3 is 2.41 bits per heavy atom. The topological polar surface area (TPSA) is 83.1 Å². The van der Waals surface area contributed by atoms with Gasteiger partial charge in [-0.2, -0.15) is 0 Å². The molecule has 0 amide bonds. The van der Waals surface area contributed by atoms with Crippen molar-refractivity contribution in [2.24, 2.45) is 0 Å². The molecule has 1 heterocycles. The minimum absolute atomic E-state index is 0.00607. The Labute approximate surface area is 240 Å². The quantitative estimate of drug-likeness (QED) is 0.316. The molecule has 0 radical (unpaired) electrons. The van der Waals surface area contributed by atoms with Gasteiger partial charge in [-0.05, 0) is 67.1 Å². The van der Waals surface area contributed by atoms with Gasteiger partial charge in [0.25, 0.3) is 0 Å². The number of dihydropyridines is 1. The number of ketones is 1. The fourth-order valence-electron chi connectivity index (χ4n) is 5.72. The Morgan fingerprint density at radius 2 is 1.68 bits per heavy atom. The Hall–Kier alpha value is -4.52. The maximum Gasteiger partial charge on any atom is 0.336 e. The monoisotopic (exact) mass is 553 g/mol. The summed E-state index contributed by atoms with van der Waals surface area (Å²) in [6.45, 7) is 4.30. The number of carbonyl (C=O) groups excluding carboxylic acids is 2. The smallest absolute Gasteiger partial charge is 0.336 e. The maximum atomic E-state index is 13.9. The molecule has 0 aromatic heterocycles. The first-order valence-corrected chi connectivity index (χ1v) is 13.8. The summed E-state index contributed by atoms with van der Waals surface area (Å²) in [4.78, 5) is 27.2. The van der Waals surface area contributed by atoms with Crippen LogP contribution >= 0.6 is 0 Å². The average Bonchev–Trinajstić information content (AvgIpc) is 2.99. The summed E-state index contributed by atoms with van der Waals surface area (Å²) >= 11 is 0. The number of hydrogen-bond acceptors (Lipinski definition) is 7. The SMILES string of the molecule is CCOC(=O)C1=C(C)NC2=C(C(=O)C[C@@H](c3ccc(OC)c(OC)c3)C2)[C@H]1c1cccc(OCc2ccccc2)c1. The van der Waals surface area contributed by atoms with Gasteiger partial charge in [0, 0.05) is 29.3 Å². The summed E-state index contributed by atoms with van der Waals surface area (Å²) in [5.41, 5.74) is 5.42. The summed E-state index contributed by atoms with van der Waals surface area (Å²) in [6, 6.07) is 23.4. The number of methoxy groups -OCH3 is 2. The minimum atomic E-state index is -0.565. The first-order chi connectivity index (χ1) is 19.9. The lowest BCUT2D eigenvalue weighted by molar-refractivity contribution is -0.138. The van der Waals surface area contributed by atoms with Gasteiger partial charge in [-0.1, -0.05) is 48.5 Å². The Balaban J connectivity index is 1.51. The molecule has 3 aromatic rings. The third kappa shape index (κ3) is 5.85. The van der Waals surface area contributed by atoms with Crippen LogP contribution < -0.4 is 19.5 Å². The fourth-order valence-corrected chi connectivity index (χ4v) is 5.72. The van der Waals surface area contributed by atoms with E-state index < -0.39 is 11.9 Å². The molecule has 7 nitrogen and oxygen atoms in total. The number of allylic oxidation sites excluding steroid dienone is 3. The van der Waals surface area contributed by atoms with E-state index in [2.05, 4.69) is 5.32 Å². The second kappa shape index (κ2) is 12.3. The second-order valence-corrected chi connectivity index (χ2v) is 10.2. The van der Waals surface area contributed by atoms with Gasteiger partial charge in [-0.25, -0.2) is 4.79 Å². The van der Waals surface area contributed by atoms with Gasteiger partial charge < -0.3 is 24.3 Å². The molecule has 2 atom stereocenters. The standard InChI is InChI=1S/C34H35NO6/c1-5-40-34(37)31-21(2)35-27-17-25(23-14-15-29(38-3)30(19-23)39-4)18-28(36)33(27)32(31)24-12-9-13-26(16-24)41-20-22-10-7-6-8-11-22/h6-16,19,25,32,35H,5,17-18,20H2,1-4H3/t25-,32-/m0/s1. The third-order valence-electron chi connectivity index (χ3n) is 7.64. The van der Waals surface area contributed by atoms with E-state index in [0.29, 0.717) is 53.5 Å². The number of hydrogen-bond donors (Lipinski definition) is 1. The first kappa shape index (κ1) is 28.0. The van der Waals surface area contributed by atoms with E-state index in [0.717, 1.165) is 22.4 Å². The van der Waals surface area contributed by atoms with Crippen molar-refractivity contribution in [1.29, 1.82) is 0 Å². The molecule has 1 N–H and O–H groups in total. The predicted octanol–water partition coefficient (Wildman–Crippen LogP) is 6.21. The molecule has 7 heteroatoms. The van der Waals surface area contributed by atoms with Crippen LogP contribution in [0.2, 0.25) is 0 Å². The number of benzene rings is 3. The molecular weight excluding hydrogens is 518 g/mol. The van der Waals surface area contributed by atoms with Gasteiger partial charge in [-0.15, -0.1) is 0 Å². The van der Waals surface area contributed by atoms with Crippen LogP contribution in [0.4, 0.5) is 0 Å². The summed E-state index contributed by atoms with van der Waals surface area (Å²) in [5, 5.41) is 3.40. The molecule has 41 heavy (non-hydrogen) atoms. The number of nitrogens with one attached hydrogen (secondary N) is 1. The summed E-state index contributed by atoms with van der Waals surface area (Å²) in [7, 11) is 3.20. The van der Waals surface area contributed by atoms with Crippen LogP contribution in [0.1, 0.15) is 55.2 Å². The molecule has 0 unspecified atom stereocenters. The van der Waals surface area contributed by atoms with Crippen molar-refractivity contribution < 1.29 is 28.5 Å². The van der Waals surface area contributed by atoms with E-state index in [1.165, 1.54) is 0 Å². The number of ether oxygens (including phenoxy) is 4. The highest BCUT2D eigenvalue weighted by Crippen LogP contribution is 2.47. The molecule has 0 saturated carbocycles. The average molecular weight is 554 g/mol. The molecule has 0 saturated heterocycles. The number of carbonyl (C=O) groups is 2. The zero-order valence-electron chi connectivity index (χ0n) is 23.9. The van der Waals surface area contributed by atoms with Crippen LogP contribution in [0.5, 0.6) is 17.2 Å². The van der Waals surface area contributed by atoms with Crippen molar-refractivity contribution in [3.05, 3.63) is 112 Å². The molecule has 3 aromatic carbocycles. The molecule has 1 aliphatic carbocycles. The van der Waals surface area contributed by atoms with E-state index >= 15 is 0 Å². The van der Waals surface area contributed by atoms with Crippen LogP contribution in [0.15, 0.2) is 95.3 Å². The molecule has 0 bridgehead atoms. The summed E-state index contributed by atoms with van der Waals surface area (Å²) in [5.74, 6) is 0.879. The van der Waals surface area contributed by atoms with Crippen molar-refractivity contribution in [1.82, 2.24) is 5.32 Å². The maximum absolute atomic E-state index is 13.9. The number of Topliss-reactive ketones (excluding diaryl/α,β-unsaturated/α-hetero) is 1. The highest BCUT2D eigenvalue weighted by atomic mass is 16.5. The van der Waals surface area contributed by atoms with E-state index in [-0.39, 0.29) is 18.3 Å². The largest absolute Gasteiger partial charge is 0.493 e. The van der Waals surface area contributed by atoms with E-state index in [1.54, 1.807) is 21.1 Å². The van der Waals surface area contributed by atoms with Gasteiger partial charge in [-0.3, -0.25) is 4.79 Å². The van der Waals surface area contributed by atoms with Crippen molar-refractivity contribution in [2.75, 3.05) is 20.8 Å². The van der Waals surface area contributed by atoms with Crippen molar-refractivity contribution in [3.63, 3.8) is 0 Å². The van der Waals surface area contributed by atoms with Gasteiger partial charge in [0.1, 0.15) is 12.4 Å². The van der Waals surface area contributed by atoms with Crippen LogP contribution in [-0.2, 0) is 20.9 Å². The van der Waals surface area contributed by atoms with Gasteiger partial charge in [0.2, 0.25) is 0 Å². The molecule has 0 fully saturated rings. The zero-order chi connectivity index (χ0) is 28.9. The van der Waals surface area contributed by atoms with Crippen LogP contribution in [0, 0.1) is 0 Å². The minimum Gasteiger partial charge on any atom is -0.493 e.